The predicted octanol–water partition coefficient (Wildman–Crippen LogP) is 1.24. The zero-order valence-electron chi connectivity index (χ0n) is 10.7. The van der Waals surface area contributed by atoms with E-state index in [2.05, 4.69) is 30.6 Å². The number of hydrogen-bond acceptors (Lipinski definition) is 3. The lowest BCUT2D eigenvalue weighted by Gasteiger charge is -2.32. The van der Waals surface area contributed by atoms with Gasteiger partial charge in [0.25, 0.3) is 0 Å². The number of rotatable bonds is 9. The van der Waals surface area contributed by atoms with Crippen LogP contribution in [-0.2, 0) is 0 Å². The first kappa shape index (κ1) is 13.7. The smallest absolute Gasteiger partial charge is 0.0558 e. The normalized spacial score (nSPS) is 16.8. The molecule has 1 rings (SSSR count). The SMILES string of the molecule is C=CCN(CCO)CC(C)(C)CNC1CC1. The summed E-state index contributed by atoms with van der Waals surface area (Å²) < 4.78 is 0. The first-order valence-electron chi connectivity index (χ1n) is 6.25. The summed E-state index contributed by atoms with van der Waals surface area (Å²) in [5, 5.41) is 12.6. The van der Waals surface area contributed by atoms with Crippen molar-refractivity contribution in [3.05, 3.63) is 12.7 Å². The highest BCUT2D eigenvalue weighted by Crippen LogP contribution is 2.22. The number of hydrogen-bond donors (Lipinski definition) is 2. The monoisotopic (exact) mass is 226 g/mol. The van der Waals surface area contributed by atoms with Crippen molar-refractivity contribution in [3.63, 3.8) is 0 Å². The van der Waals surface area contributed by atoms with Crippen LogP contribution in [0.3, 0.4) is 0 Å². The van der Waals surface area contributed by atoms with Crippen LogP contribution in [0.2, 0.25) is 0 Å². The maximum atomic E-state index is 9.00. The zero-order valence-corrected chi connectivity index (χ0v) is 10.7. The molecule has 0 radical (unpaired) electrons. The number of nitrogens with zero attached hydrogens (tertiary/aromatic N) is 1. The Balaban J connectivity index is 2.29. The molecule has 0 aromatic heterocycles. The minimum atomic E-state index is 0.222. The number of aliphatic hydroxyl groups is 1. The third kappa shape index (κ3) is 5.64. The van der Waals surface area contributed by atoms with Crippen molar-refractivity contribution in [3.8, 4) is 0 Å². The quantitative estimate of drug-likeness (QED) is 0.581. The highest BCUT2D eigenvalue weighted by molar-refractivity contribution is 4.86. The van der Waals surface area contributed by atoms with Crippen molar-refractivity contribution in [1.82, 2.24) is 10.2 Å². The average molecular weight is 226 g/mol. The van der Waals surface area contributed by atoms with Gasteiger partial charge in [0, 0.05) is 32.2 Å². The summed E-state index contributed by atoms with van der Waals surface area (Å²) in [6, 6.07) is 0.768. The van der Waals surface area contributed by atoms with E-state index in [4.69, 9.17) is 5.11 Å². The van der Waals surface area contributed by atoms with Gasteiger partial charge in [0.2, 0.25) is 0 Å². The fraction of sp³-hybridized carbons (Fsp3) is 0.846. The molecule has 0 aromatic carbocycles. The van der Waals surface area contributed by atoms with Crippen molar-refractivity contribution in [2.75, 3.05) is 32.8 Å². The summed E-state index contributed by atoms with van der Waals surface area (Å²) in [4.78, 5) is 2.25. The van der Waals surface area contributed by atoms with Gasteiger partial charge in [-0.3, -0.25) is 4.90 Å². The largest absolute Gasteiger partial charge is 0.395 e. The maximum absolute atomic E-state index is 9.00. The first-order valence-corrected chi connectivity index (χ1v) is 6.25. The van der Waals surface area contributed by atoms with Crippen LogP contribution < -0.4 is 5.32 Å². The molecule has 1 aliphatic rings. The fourth-order valence-electron chi connectivity index (χ4n) is 1.93. The van der Waals surface area contributed by atoms with Gasteiger partial charge in [0.15, 0.2) is 0 Å². The summed E-state index contributed by atoms with van der Waals surface area (Å²) >= 11 is 0. The van der Waals surface area contributed by atoms with E-state index >= 15 is 0 Å². The molecule has 0 heterocycles. The second-order valence-electron chi connectivity index (χ2n) is 5.57. The van der Waals surface area contributed by atoms with E-state index in [1.807, 2.05) is 6.08 Å². The Bertz CT molecular complexity index is 212. The third-order valence-electron chi connectivity index (χ3n) is 2.90. The second-order valence-corrected chi connectivity index (χ2v) is 5.57. The topological polar surface area (TPSA) is 35.5 Å². The van der Waals surface area contributed by atoms with Gasteiger partial charge < -0.3 is 10.4 Å². The van der Waals surface area contributed by atoms with Crippen LogP contribution in [0.1, 0.15) is 26.7 Å². The van der Waals surface area contributed by atoms with E-state index < -0.39 is 0 Å². The molecular weight excluding hydrogens is 200 g/mol. The van der Waals surface area contributed by atoms with Crippen LogP contribution in [0.5, 0.6) is 0 Å². The minimum absolute atomic E-state index is 0.222. The standard InChI is InChI=1S/C13H26N2O/c1-4-7-15(8-9-16)11-13(2,3)10-14-12-5-6-12/h4,12,14,16H,1,5-11H2,2-3H3. The van der Waals surface area contributed by atoms with Gasteiger partial charge in [-0.1, -0.05) is 19.9 Å². The summed E-state index contributed by atoms with van der Waals surface area (Å²) in [7, 11) is 0. The van der Waals surface area contributed by atoms with Crippen molar-refractivity contribution >= 4 is 0 Å². The van der Waals surface area contributed by atoms with E-state index in [1.165, 1.54) is 12.8 Å². The predicted molar refractivity (Wildman–Crippen MR) is 68.5 cm³/mol. The Labute approximate surface area is 99.5 Å². The number of aliphatic hydroxyl groups excluding tert-OH is 1. The van der Waals surface area contributed by atoms with Gasteiger partial charge in [-0.15, -0.1) is 6.58 Å². The van der Waals surface area contributed by atoms with Gasteiger partial charge >= 0.3 is 0 Å². The van der Waals surface area contributed by atoms with Crippen LogP contribution in [0.15, 0.2) is 12.7 Å². The molecule has 3 nitrogen and oxygen atoms in total. The molecule has 2 N–H and O–H groups in total. The Morgan fingerprint density at radius 2 is 2.19 bits per heavy atom. The van der Waals surface area contributed by atoms with E-state index in [0.717, 1.165) is 32.2 Å². The molecule has 0 aromatic rings. The Morgan fingerprint density at radius 1 is 1.50 bits per heavy atom. The zero-order chi connectivity index (χ0) is 12.0. The van der Waals surface area contributed by atoms with Gasteiger partial charge in [-0.25, -0.2) is 0 Å². The fourth-order valence-corrected chi connectivity index (χ4v) is 1.93. The van der Waals surface area contributed by atoms with Crippen LogP contribution >= 0.6 is 0 Å². The second kappa shape index (κ2) is 6.38. The van der Waals surface area contributed by atoms with E-state index in [1.54, 1.807) is 0 Å². The van der Waals surface area contributed by atoms with Crippen molar-refractivity contribution in [2.45, 2.75) is 32.7 Å². The molecule has 94 valence electrons. The third-order valence-corrected chi connectivity index (χ3v) is 2.90. The molecule has 0 saturated heterocycles. The van der Waals surface area contributed by atoms with Gasteiger partial charge in [0.1, 0.15) is 0 Å². The summed E-state index contributed by atoms with van der Waals surface area (Å²) in [6.45, 7) is 12.2. The molecule has 0 bridgehead atoms. The average Bonchev–Trinajstić information content (AvgIpc) is 2.98. The van der Waals surface area contributed by atoms with Crippen molar-refractivity contribution in [1.29, 1.82) is 0 Å². The minimum Gasteiger partial charge on any atom is -0.395 e. The van der Waals surface area contributed by atoms with Gasteiger partial charge in [-0.05, 0) is 18.3 Å². The summed E-state index contributed by atoms with van der Waals surface area (Å²) in [5.41, 5.74) is 0.251. The van der Waals surface area contributed by atoms with E-state index in [9.17, 15) is 0 Å². The molecular formula is C13H26N2O. The van der Waals surface area contributed by atoms with Crippen molar-refractivity contribution in [2.24, 2.45) is 5.41 Å². The molecule has 1 aliphatic carbocycles. The maximum Gasteiger partial charge on any atom is 0.0558 e. The molecule has 1 saturated carbocycles. The van der Waals surface area contributed by atoms with Crippen LogP contribution in [0.25, 0.3) is 0 Å². The molecule has 3 heteroatoms. The Kier molecular flexibility index (Phi) is 5.46. The van der Waals surface area contributed by atoms with Gasteiger partial charge in [-0.2, -0.15) is 0 Å². The molecule has 0 unspecified atom stereocenters. The van der Waals surface area contributed by atoms with Crippen LogP contribution in [0.4, 0.5) is 0 Å². The summed E-state index contributed by atoms with van der Waals surface area (Å²) in [5.74, 6) is 0. The van der Waals surface area contributed by atoms with Crippen LogP contribution in [-0.4, -0.2) is 48.8 Å². The Morgan fingerprint density at radius 3 is 2.69 bits per heavy atom. The molecule has 1 fully saturated rings. The lowest BCUT2D eigenvalue weighted by molar-refractivity contribution is 0.153. The highest BCUT2D eigenvalue weighted by atomic mass is 16.3. The number of nitrogens with one attached hydrogen (secondary N) is 1. The molecule has 16 heavy (non-hydrogen) atoms. The van der Waals surface area contributed by atoms with Crippen molar-refractivity contribution < 1.29 is 5.11 Å². The highest BCUT2D eigenvalue weighted by Gasteiger charge is 2.26. The van der Waals surface area contributed by atoms with Gasteiger partial charge in [0.05, 0.1) is 6.61 Å². The summed E-state index contributed by atoms with van der Waals surface area (Å²) in [6.07, 6.45) is 4.58. The molecule has 0 spiro atoms. The molecule has 0 aliphatic heterocycles. The molecule has 0 amide bonds. The van der Waals surface area contributed by atoms with Crippen LogP contribution in [0, 0.1) is 5.41 Å². The molecule has 0 atom stereocenters. The van der Waals surface area contributed by atoms with E-state index in [-0.39, 0.29) is 12.0 Å². The Hall–Kier alpha value is -0.380. The lowest BCUT2D eigenvalue weighted by atomic mass is 9.92. The van der Waals surface area contributed by atoms with E-state index in [0.29, 0.717) is 0 Å². The lowest BCUT2D eigenvalue weighted by Crippen LogP contribution is -2.42. The first-order chi connectivity index (χ1) is 7.57.